The Hall–Kier alpha value is -2.29. The molecule has 96 valence electrons. The minimum atomic E-state index is 0.0934. The van der Waals surface area contributed by atoms with E-state index in [-0.39, 0.29) is 11.9 Å². The van der Waals surface area contributed by atoms with E-state index in [1.54, 1.807) is 0 Å². The molecule has 0 amide bonds. The van der Waals surface area contributed by atoms with Crippen molar-refractivity contribution in [1.29, 1.82) is 5.41 Å². The van der Waals surface area contributed by atoms with Gasteiger partial charge in [-0.2, -0.15) is 0 Å². The Balaban J connectivity index is 1.83. The van der Waals surface area contributed by atoms with Crippen LogP contribution < -0.4 is 10.5 Å². The highest BCUT2D eigenvalue weighted by atomic mass is 16.5. The number of nitrogens with two attached hydrogens (primary N) is 1. The summed E-state index contributed by atoms with van der Waals surface area (Å²) in [5, 5.41) is 7.39. The van der Waals surface area contributed by atoms with Crippen molar-refractivity contribution in [2.75, 3.05) is 0 Å². The number of nitrogens with one attached hydrogen (secondary N) is 1. The van der Waals surface area contributed by atoms with E-state index in [0.717, 1.165) is 29.7 Å². The van der Waals surface area contributed by atoms with Gasteiger partial charge < -0.3 is 10.5 Å². The first kappa shape index (κ1) is 11.8. The number of benzene rings is 2. The summed E-state index contributed by atoms with van der Waals surface area (Å²) in [6.07, 6.45) is 2.11. The molecule has 0 aromatic heterocycles. The van der Waals surface area contributed by atoms with E-state index < -0.39 is 0 Å². The minimum absolute atomic E-state index is 0.0934. The fraction of sp³-hybridized carbons (Fsp3) is 0.188. The van der Waals surface area contributed by atoms with E-state index in [2.05, 4.69) is 6.07 Å². The summed E-state index contributed by atoms with van der Waals surface area (Å²) < 4.78 is 6.03. The van der Waals surface area contributed by atoms with Crippen LogP contribution in [0, 0.1) is 5.41 Å². The highest BCUT2D eigenvalue weighted by Crippen LogP contribution is 2.34. The van der Waals surface area contributed by atoms with Crippen LogP contribution in [0.5, 0.6) is 5.75 Å². The lowest BCUT2D eigenvalue weighted by molar-refractivity contribution is 0.176. The predicted octanol–water partition coefficient (Wildman–Crippen LogP) is 3.04. The van der Waals surface area contributed by atoms with Crippen LogP contribution in [0.15, 0.2) is 48.5 Å². The van der Waals surface area contributed by atoms with E-state index in [9.17, 15) is 0 Å². The highest BCUT2D eigenvalue weighted by Gasteiger charge is 2.20. The molecule has 3 heteroatoms. The van der Waals surface area contributed by atoms with Gasteiger partial charge in [-0.05, 0) is 30.0 Å². The van der Waals surface area contributed by atoms with E-state index in [1.807, 2.05) is 42.5 Å². The van der Waals surface area contributed by atoms with Gasteiger partial charge >= 0.3 is 0 Å². The first-order valence-electron chi connectivity index (χ1n) is 6.43. The molecule has 0 spiro atoms. The van der Waals surface area contributed by atoms with Gasteiger partial charge in [0.25, 0.3) is 0 Å². The Kier molecular flexibility index (Phi) is 2.95. The monoisotopic (exact) mass is 252 g/mol. The fourth-order valence-corrected chi connectivity index (χ4v) is 2.44. The molecule has 0 radical (unpaired) electrons. The number of fused-ring (bicyclic) bond motifs is 1. The summed E-state index contributed by atoms with van der Waals surface area (Å²) >= 11 is 0. The number of aryl methyl sites for hydroxylation is 1. The van der Waals surface area contributed by atoms with E-state index in [0.29, 0.717) is 0 Å². The third-order valence-corrected chi connectivity index (χ3v) is 3.51. The maximum atomic E-state index is 7.39. The lowest BCUT2D eigenvalue weighted by Crippen LogP contribution is -2.16. The summed E-state index contributed by atoms with van der Waals surface area (Å²) in [6.45, 7) is 0. The number of amidine groups is 1. The van der Waals surface area contributed by atoms with Crippen LogP contribution in [-0.2, 0) is 6.42 Å². The van der Waals surface area contributed by atoms with Crippen LogP contribution in [0.1, 0.15) is 29.2 Å². The van der Waals surface area contributed by atoms with Crippen molar-refractivity contribution in [1.82, 2.24) is 0 Å². The molecular formula is C16H16N2O. The molecule has 2 aromatic carbocycles. The molecule has 2 aromatic rings. The summed E-state index contributed by atoms with van der Waals surface area (Å²) in [5.41, 5.74) is 8.62. The molecule has 1 unspecified atom stereocenters. The predicted molar refractivity (Wildman–Crippen MR) is 75.6 cm³/mol. The molecule has 0 saturated carbocycles. The van der Waals surface area contributed by atoms with Crippen molar-refractivity contribution >= 4 is 5.84 Å². The average molecular weight is 252 g/mol. The Morgan fingerprint density at radius 3 is 2.58 bits per heavy atom. The number of nitrogen functional groups attached to an aromatic ring is 1. The first-order chi connectivity index (χ1) is 9.24. The van der Waals surface area contributed by atoms with Gasteiger partial charge in [-0.1, -0.05) is 42.5 Å². The summed E-state index contributed by atoms with van der Waals surface area (Å²) in [5.74, 6) is 1.08. The standard InChI is InChI=1S/C16H16N2O/c17-16(18)13-7-5-12(6-8-13)15-10-9-11-3-1-2-4-14(11)19-15/h1-8,15H,9-10H2,(H3,17,18). The van der Waals surface area contributed by atoms with Crippen LogP contribution >= 0.6 is 0 Å². The van der Waals surface area contributed by atoms with Gasteiger partial charge in [0, 0.05) is 5.56 Å². The zero-order valence-electron chi connectivity index (χ0n) is 10.6. The third-order valence-electron chi connectivity index (χ3n) is 3.51. The molecule has 1 atom stereocenters. The molecule has 1 heterocycles. The van der Waals surface area contributed by atoms with Crippen molar-refractivity contribution < 1.29 is 4.74 Å². The van der Waals surface area contributed by atoms with Crippen molar-refractivity contribution in [3.8, 4) is 5.75 Å². The minimum Gasteiger partial charge on any atom is -0.485 e. The van der Waals surface area contributed by atoms with Gasteiger partial charge in [0.2, 0.25) is 0 Å². The second-order valence-electron chi connectivity index (χ2n) is 4.79. The van der Waals surface area contributed by atoms with E-state index >= 15 is 0 Å². The number of hydrogen-bond acceptors (Lipinski definition) is 2. The van der Waals surface area contributed by atoms with Gasteiger partial charge in [-0.3, -0.25) is 5.41 Å². The Morgan fingerprint density at radius 2 is 1.84 bits per heavy atom. The molecule has 0 bridgehead atoms. The SMILES string of the molecule is N=C(N)c1ccc(C2CCc3ccccc3O2)cc1. The molecular weight excluding hydrogens is 236 g/mol. The molecule has 1 aliphatic heterocycles. The zero-order valence-corrected chi connectivity index (χ0v) is 10.6. The highest BCUT2D eigenvalue weighted by molar-refractivity contribution is 5.94. The quantitative estimate of drug-likeness (QED) is 0.637. The topological polar surface area (TPSA) is 59.1 Å². The van der Waals surface area contributed by atoms with Crippen LogP contribution in [0.3, 0.4) is 0 Å². The van der Waals surface area contributed by atoms with Crippen molar-refractivity contribution in [3.63, 3.8) is 0 Å². The van der Waals surface area contributed by atoms with Crippen LogP contribution in [0.25, 0.3) is 0 Å². The number of hydrogen-bond donors (Lipinski definition) is 2. The zero-order chi connectivity index (χ0) is 13.2. The second-order valence-corrected chi connectivity index (χ2v) is 4.79. The molecule has 1 aliphatic rings. The van der Waals surface area contributed by atoms with Gasteiger partial charge in [-0.25, -0.2) is 0 Å². The number of ether oxygens (including phenoxy) is 1. The molecule has 3 nitrogen and oxygen atoms in total. The fourth-order valence-electron chi connectivity index (χ4n) is 2.44. The summed E-state index contributed by atoms with van der Waals surface area (Å²) in [4.78, 5) is 0. The summed E-state index contributed by atoms with van der Waals surface area (Å²) in [6, 6.07) is 15.9. The first-order valence-corrected chi connectivity index (χ1v) is 6.43. The molecule has 3 N–H and O–H groups in total. The van der Waals surface area contributed by atoms with E-state index in [1.165, 1.54) is 5.56 Å². The second kappa shape index (κ2) is 4.76. The Morgan fingerprint density at radius 1 is 1.11 bits per heavy atom. The van der Waals surface area contributed by atoms with Crippen LogP contribution in [0.4, 0.5) is 0 Å². The van der Waals surface area contributed by atoms with Gasteiger partial charge in [0.05, 0.1) is 0 Å². The summed E-state index contributed by atoms with van der Waals surface area (Å²) in [7, 11) is 0. The lowest BCUT2D eigenvalue weighted by Gasteiger charge is -2.26. The third kappa shape index (κ3) is 2.32. The smallest absolute Gasteiger partial charge is 0.124 e. The number of rotatable bonds is 2. The lowest BCUT2D eigenvalue weighted by atomic mass is 9.97. The Bertz CT molecular complexity index is 604. The van der Waals surface area contributed by atoms with Crippen molar-refractivity contribution in [2.24, 2.45) is 5.73 Å². The van der Waals surface area contributed by atoms with Gasteiger partial charge in [-0.15, -0.1) is 0 Å². The molecule has 0 fully saturated rings. The maximum Gasteiger partial charge on any atom is 0.124 e. The van der Waals surface area contributed by atoms with Crippen molar-refractivity contribution in [2.45, 2.75) is 18.9 Å². The van der Waals surface area contributed by atoms with Crippen LogP contribution in [0.2, 0.25) is 0 Å². The van der Waals surface area contributed by atoms with Gasteiger partial charge in [0.15, 0.2) is 0 Å². The van der Waals surface area contributed by atoms with Crippen LogP contribution in [-0.4, -0.2) is 5.84 Å². The van der Waals surface area contributed by atoms with Gasteiger partial charge in [0.1, 0.15) is 17.7 Å². The molecule has 0 saturated heterocycles. The number of para-hydroxylation sites is 1. The molecule has 3 rings (SSSR count). The largest absolute Gasteiger partial charge is 0.485 e. The molecule has 19 heavy (non-hydrogen) atoms. The normalized spacial score (nSPS) is 17.4. The van der Waals surface area contributed by atoms with Crippen molar-refractivity contribution in [3.05, 3.63) is 65.2 Å². The van der Waals surface area contributed by atoms with E-state index in [4.69, 9.17) is 15.9 Å². The maximum absolute atomic E-state index is 7.39. The molecule has 0 aliphatic carbocycles. The Labute approximate surface area is 112 Å². The average Bonchev–Trinajstić information content (AvgIpc) is 2.47.